The fourth-order valence-electron chi connectivity index (χ4n) is 1.75. The first-order valence-electron chi connectivity index (χ1n) is 5.03. The lowest BCUT2D eigenvalue weighted by Gasteiger charge is -2.11. The lowest BCUT2D eigenvalue weighted by molar-refractivity contribution is 0.509. The van der Waals surface area contributed by atoms with Gasteiger partial charge in [-0.1, -0.05) is 0 Å². The van der Waals surface area contributed by atoms with E-state index in [0.29, 0.717) is 12.0 Å². The highest BCUT2D eigenvalue weighted by Gasteiger charge is 2.31. The van der Waals surface area contributed by atoms with Crippen molar-refractivity contribution < 1.29 is 0 Å². The first-order valence-corrected chi connectivity index (χ1v) is 5.03. The van der Waals surface area contributed by atoms with Crippen LogP contribution >= 0.6 is 0 Å². The van der Waals surface area contributed by atoms with Crippen molar-refractivity contribution in [2.75, 3.05) is 0 Å². The maximum atomic E-state index is 7.48. The minimum absolute atomic E-state index is 0.138. The second kappa shape index (κ2) is 3.12. The number of amidine groups is 1. The zero-order chi connectivity index (χ0) is 10.3. The van der Waals surface area contributed by atoms with E-state index in [1.807, 2.05) is 4.68 Å². The number of hydrogen-bond donors (Lipinski definition) is 2. The van der Waals surface area contributed by atoms with Gasteiger partial charge in [-0.2, -0.15) is 5.10 Å². The molecule has 0 spiro atoms. The molecule has 0 amide bonds. The predicted molar refractivity (Wildman–Crippen MR) is 55.6 cm³/mol. The van der Waals surface area contributed by atoms with Gasteiger partial charge in [0.25, 0.3) is 0 Å². The van der Waals surface area contributed by atoms with Gasteiger partial charge in [0, 0.05) is 12.0 Å². The summed E-state index contributed by atoms with van der Waals surface area (Å²) in [6.07, 6.45) is 4.13. The van der Waals surface area contributed by atoms with Crippen LogP contribution in [0.15, 0.2) is 6.20 Å². The average Bonchev–Trinajstić information content (AvgIpc) is 2.83. The van der Waals surface area contributed by atoms with Gasteiger partial charge in [0.1, 0.15) is 5.84 Å². The van der Waals surface area contributed by atoms with Crippen LogP contribution in [0, 0.1) is 5.41 Å². The summed E-state index contributed by atoms with van der Waals surface area (Å²) in [6.45, 7) is 4.20. The summed E-state index contributed by atoms with van der Waals surface area (Å²) in [5, 5.41) is 11.8. The van der Waals surface area contributed by atoms with Crippen LogP contribution in [0.3, 0.4) is 0 Å². The fourth-order valence-corrected chi connectivity index (χ4v) is 1.75. The monoisotopic (exact) mass is 192 g/mol. The second-order valence-corrected chi connectivity index (χ2v) is 4.17. The molecule has 0 atom stereocenters. The summed E-state index contributed by atoms with van der Waals surface area (Å²) >= 11 is 0. The molecule has 0 unspecified atom stereocenters. The van der Waals surface area contributed by atoms with E-state index in [0.717, 1.165) is 11.3 Å². The normalized spacial score (nSPS) is 16.2. The van der Waals surface area contributed by atoms with Crippen LogP contribution in [0.1, 0.15) is 49.9 Å². The number of nitrogen functional groups attached to an aromatic ring is 1. The molecule has 1 aliphatic carbocycles. The van der Waals surface area contributed by atoms with Crippen molar-refractivity contribution in [2.24, 2.45) is 5.73 Å². The van der Waals surface area contributed by atoms with Gasteiger partial charge in [-0.3, -0.25) is 10.1 Å². The third-order valence-corrected chi connectivity index (χ3v) is 2.58. The van der Waals surface area contributed by atoms with Gasteiger partial charge in [-0.15, -0.1) is 0 Å². The summed E-state index contributed by atoms with van der Waals surface area (Å²) in [6, 6.07) is 0.346. The Morgan fingerprint density at radius 2 is 2.29 bits per heavy atom. The van der Waals surface area contributed by atoms with Gasteiger partial charge >= 0.3 is 0 Å². The Bertz CT molecular complexity index is 360. The van der Waals surface area contributed by atoms with E-state index < -0.39 is 0 Å². The molecule has 1 aliphatic rings. The number of aromatic nitrogens is 2. The Balaban J connectivity index is 2.46. The molecule has 0 radical (unpaired) electrons. The van der Waals surface area contributed by atoms with Gasteiger partial charge in [-0.05, 0) is 26.7 Å². The molecule has 14 heavy (non-hydrogen) atoms. The maximum absolute atomic E-state index is 7.48. The highest BCUT2D eigenvalue weighted by molar-refractivity contribution is 5.96. The molecule has 0 aromatic carbocycles. The van der Waals surface area contributed by atoms with Crippen molar-refractivity contribution in [1.82, 2.24) is 9.78 Å². The van der Waals surface area contributed by atoms with Gasteiger partial charge < -0.3 is 5.73 Å². The molecule has 1 saturated carbocycles. The van der Waals surface area contributed by atoms with Gasteiger partial charge in [0.05, 0.1) is 17.5 Å². The topological polar surface area (TPSA) is 67.7 Å². The number of hydrogen-bond acceptors (Lipinski definition) is 2. The quantitative estimate of drug-likeness (QED) is 0.564. The molecule has 0 aliphatic heterocycles. The molecule has 2 rings (SSSR count). The lowest BCUT2D eigenvalue weighted by atomic mass is 10.1. The summed E-state index contributed by atoms with van der Waals surface area (Å²) in [4.78, 5) is 0. The Morgan fingerprint density at radius 1 is 1.64 bits per heavy atom. The van der Waals surface area contributed by atoms with E-state index in [1.54, 1.807) is 6.20 Å². The highest BCUT2D eigenvalue weighted by Crippen LogP contribution is 2.42. The SMILES string of the molecule is CC(C)n1ncc(C(=N)N)c1C1CC1. The molecule has 3 N–H and O–H groups in total. The smallest absolute Gasteiger partial charge is 0.126 e. The van der Waals surface area contributed by atoms with E-state index in [2.05, 4.69) is 18.9 Å². The van der Waals surface area contributed by atoms with Crippen LogP contribution in [-0.2, 0) is 0 Å². The maximum Gasteiger partial charge on any atom is 0.126 e. The zero-order valence-corrected chi connectivity index (χ0v) is 8.62. The fraction of sp³-hybridized carbons (Fsp3) is 0.600. The van der Waals surface area contributed by atoms with Crippen molar-refractivity contribution >= 4 is 5.84 Å². The number of nitrogens with zero attached hydrogens (tertiary/aromatic N) is 2. The molecule has 76 valence electrons. The average molecular weight is 192 g/mol. The zero-order valence-electron chi connectivity index (χ0n) is 8.62. The molecule has 1 aromatic rings. The Labute approximate surface area is 83.6 Å². The summed E-state index contributed by atoms with van der Waals surface area (Å²) in [7, 11) is 0. The Hall–Kier alpha value is -1.32. The summed E-state index contributed by atoms with van der Waals surface area (Å²) in [5.41, 5.74) is 7.50. The molecular formula is C10H16N4. The van der Waals surface area contributed by atoms with E-state index in [-0.39, 0.29) is 5.84 Å². The number of nitrogens with two attached hydrogens (primary N) is 1. The van der Waals surface area contributed by atoms with Crippen molar-refractivity contribution in [3.63, 3.8) is 0 Å². The van der Waals surface area contributed by atoms with E-state index in [4.69, 9.17) is 11.1 Å². The molecule has 0 saturated heterocycles. The van der Waals surface area contributed by atoms with E-state index in [9.17, 15) is 0 Å². The van der Waals surface area contributed by atoms with Crippen LogP contribution in [0.2, 0.25) is 0 Å². The van der Waals surface area contributed by atoms with Crippen LogP contribution in [0.4, 0.5) is 0 Å². The van der Waals surface area contributed by atoms with E-state index in [1.165, 1.54) is 12.8 Å². The Morgan fingerprint density at radius 3 is 2.71 bits per heavy atom. The van der Waals surface area contributed by atoms with Gasteiger partial charge in [-0.25, -0.2) is 0 Å². The van der Waals surface area contributed by atoms with Crippen LogP contribution in [0.5, 0.6) is 0 Å². The molecule has 1 heterocycles. The largest absolute Gasteiger partial charge is 0.384 e. The third-order valence-electron chi connectivity index (χ3n) is 2.58. The van der Waals surface area contributed by atoms with Crippen LogP contribution in [0.25, 0.3) is 0 Å². The molecule has 4 heteroatoms. The highest BCUT2D eigenvalue weighted by atomic mass is 15.3. The summed E-state index contributed by atoms with van der Waals surface area (Å²) < 4.78 is 1.99. The van der Waals surface area contributed by atoms with Gasteiger partial charge in [0.2, 0.25) is 0 Å². The first kappa shape index (κ1) is 9.24. The predicted octanol–water partition coefficient (Wildman–Crippen LogP) is 1.63. The van der Waals surface area contributed by atoms with Gasteiger partial charge in [0.15, 0.2) is 0 Å². The van der Waals surface area contributed by atoms with Crippen molar-refractivity contribution in [1.29, 1.82) is 5.41 Å². The van der Waals surface area contributed by atoms with Crippen molar-refractivity contribution in [2.45, 2.75) is 38.6 Å². The second-order valence-electron chi connectivity index (χ2n) is 4.17. The number of rotatable bonds is 3. The molecular weight excluding hydrogens is 176 g/mol. The van der Waals surface area contributed by atoms with E-state index >= 15 is 0 Å². The molecule has 1 aromatic heterocycles. The van der Waals surface area contributed by atoms with Crippen LogP contribution in [-0.4, -0.2) is 15.6 Å². The van der Waals surface area contributed by atoms with Crippen molar-refractivity contribution in [3.05, 3.63) is 17.5 Å². The lowest BCUT2D eigenvalue weighted by Crippen LogP contribution is -2.14. The minimum atomic E-state index is 0.138. The first-order chi connectivity index (χ1) is 6.61. The molecule has 1 fully saturated rings. The van der Waals surface area contributed by atoms with Crippen molar-refractivity contribution in [3.8, 4) is 0 Å². The summed E-state index contributed by atoms with van der Waals surface area (Å²) in [5.74, 6) is 0.720. The molecule has 0 bridgehead atoms. The third kappa shape index (κ3) is 1.41. The number of nitrogens with one attached hydrogen (secondary N) is 1. The minimum Gasteiger partial charge on any atom is -0.384 e. The Kier molecular flexibility index (Phi) is 2.06. The molecule has 4 nitrogen and oxygen atoms in total. The van der Waals surface area contributed by atoms with Crippen LogP contribution < -0.4 is 5.73 Å². The standard InChI is InChI=1S/C10H16N4/c1-6(2)14-9(7-3-4-7)8(5-13-14)10(11)12/h5-7H,3-4H2,1-2H3,(H3,11,12).